The Bertz CT molecular complexity index is 813. The van der Waals surface area contributed by atoms with Gasteiger partial charge in [0.2, 0.25) is 0 Å². The number of hydrogen-bond acceptors (Lipinski definition) is 6. The van der Waals surface area contributed by atoms with Crippen LogP contribution in [0.2, 0.25) is 5.02 Å². The van der Waals surface area contributed by atoms with Crippen LogP contribution in [0.3, 0.4) is 0 Å². The van der Waals surface area contributed by atoms with Crippen molar-refractivity contribution >= 4 is 11.6 Å². The van der Waals surface area contributed by atoms with E-state index in [0.717, 1.165) is 16.9 Å². The number of ether oxygens (including phenoxy) is 2. The maximum atomic E-state index is 11.1. The van der Waals surface area contributed by atoms with Gasteiger partial charge in [-0.05, 0) is 55.2 Å². The molecule has 1 heterocycles. The standard InChI is InChI=1S/C21H24ClNO5/c1-3-27-16-7-4-13(5-8-16)10-15-11-14(6-9-17(15)22)21-20(25)18(23-26)19(24)12(2)28-21/h4-9,11-12,18-21,24-25H,3,10H2,1-2H3. The molecule has 0 aromatic heterocycles. The zero-order chi connectivity index (χ0) is 20.3. The van der Waals surface area contributed by atoms with E-state index in [1.807, 2.05) is 37.3 Å². The minimum absolute atomic E-state index is 0.593. The van der Waals surface area contributed by atoms with E-state index in [-0.39, 0.29) is 0 Å². The van der Waals surface area contributed by atoms with Gasteiger partial charge in [0.05, 0.1) is 12.7 Å². The van der Waals surface area contributed by atoms with Gasteiger partial charge in [-0.25, -0.2) is 0 Å². The zero-order valence-electron chi connectivity index (χ0n) is 15.8. The molecule has 7 heteroatoms. The van der Waals surface area contributed by atoms with Gasteiger partial charge < -0.3 is 19.7 Å². The first-order chi connectivity index (χ1) is 13.4. The molecule has 28 heavy (non-hydrogen) atoms. The first-order valence-corrected chi connectivity index (χ1v) is 9.66. The fraction of sp³-hybridized carbons (Fsp3) is 0.429. The van der Waals surface area contributed by atoms with Crippen LogP contribution in [0.25, 0.3) is 0 Å². The van der Waals surface area contributed by atoms with E-state index in [1.165, 1.54) is 0 Å². The van der Waals surface area contributed by atoms with Crippen molar-refractivity contribution in [2.24, 2.45) is 5.18 Å². The van der Waals surface area contributed by atoms with Crippen LogP contribution < -0.4 is 4.74 Å². The maximum absolute atomic E-state index is 11.1. The second kappa shape index (κ2) is 9.01. The average Bonchev–Trinajstić information content (AvgIpc) is 2.69. The number of rotatable bonds is 6. The minimum Gasteiger partial charge on any atom is -0.494 e. The predicted octanol–water partition coefficient (Wildman–Crippen LogP) is 3.65. The Morgan fingerprint density at radius 3 is 2.50 bits per heavy atom. The van der Waals surface area contributed by atoms with Gasteiger partial charge in [-0.2, -0.15) is 4.91 Å². The van der Waals surface area contributed by atoms with E-state index in [9.17, 15) is 15.1 Å². The molecule has 0 aliphatic carbocycles. The summed E-state index contributed by atoms with van der Waals surface area (Å²) in [6.45, 7) is 4.20. The number of hydrogen-bond donors (Lipinski definition) is 2. The molecule has 2 aromatic carbocycles. The van der Waals surface area contributed by atoms with Crippen LogP contribution >= 0.6 is 11.6 Å². The molecule has 2 N–H and O–H groups in total. The number of aliphatic hydroxyl groups excluding tert-OH is 2. The van der Waals surface area contributed by atoms with E-state index >= 15 is 0 Å². The second-order valence-corrected chi connectivity index (χ2v) is 7.35. The third kappa shape index (κ3) is 4.36. The van der Waals surface area contributed by atoms with Crippen molar-refractivity contribution < 1.29 is 19.7 Å². The van der Waals surface area contributed by atoms with Crippen LogP contribution in [0, 0.1) is 4.91 Å². The molecule has 1 aliphatic heterocycles. The molecule has 6 nitrogen and oxygen atoms in total. The number of nitroso groups, excluding NO2 is 1. The van der Waals surface area contributed by atoms with Gasteiger partial charge in [0, 0.05) is 5.02 Å². The summed E-state index contributed by atoms with van der Waals surface area (Å²) in [5.41, 5.74) is 2.61. The van der Waals surface area contributed by atoms with Crippen LogP contribution in [0.5, 0.6) is 5.75 Å². The molecule has 0 radical (unpaired) electrons. The van der Waals surface area contributed by atoms with Crippen molar-refractivity contribution in [3.05, 3.63) is 69.1 Å². The van der Waals surface area contributed by atoms with Gasteiger partial charge in [-0.3, -0.25) is 0 Å². The molecule has 0 saturated carbocycles. The van der Waals surface area contributed by atoms with E-state index in [0.29, 0.717) is 23.6 Å². The SMILES string of the molecule is CCOc1ccc(Cc2cc(C3OC(C)C(O)C(N=O)C3O)ccc2Cl)cc1. The van der Waals surface area contributed by atoms with Crippen molar-refractivity contribution in [3.8, 4) is 5.75 Å². The van der Waals surface area contributed by atoms with Crippen LogP contribution in [0.1, 0.15) is 36.6 Å². The molecule has 0 bridgehead atoms. The second-order valence-electron chi connectivity index (χ2n) is 6.94. The lowest BCUT2D eigenvalue weighted by atomic mass is 9.89. The van der Waals surface area contributed by atoms with Gasteiger partial charge in [0.1, 0.15) is 30.1 Å². The largest absolute Gasteiger partial charge is 0.494 e. The Labute approximate surface area is 169 Å². The first kappa shape index (κ1) is 20.7. The Morgan fingerprint density at radius 2 is 1.86 bits per heavy atom. The van der Waals surface area contributed by atoms with Gasteiger partial charge in [-0.15, -0.1) is 0 Å². The highest BCUT2D eigenvalue weighted by Gasteiger charge is 2.44. The van der Waals surface area contributed by atoms with Crippen molar-refractivity contribution in [2.45, 2.75) is 50.7 Å². The molecule has 1 saturated heterocycles. The number of benzene rings is 2. The van der Waals surface area contributed by atoms with Gasteiger partial charge in [-0.1, -0.05) is 41.0 Å². The molecular formula is C21H24ClNO5. The fourth-order valence-corrected chi connectivity index (χ4v) is 3.63. The monoisotopic (exact) mass is 405 g/mol. The Hall–Kier alpha value is -1.99. The summed E-state index contributed by atoms with van der Waals surface area (Å²) in [6, 6.07) is 12.0. The summed E-state index contributed by atoms with van der Waals surface area (Å²) in [6.07, 6.45) is -3.17. The van der Waals surface area contributed by atoms with Crippen LogP contribution in [0.4, 0.5) is 0 Å². The van der Waals surface area contributed by atoms with Gasteiger partial charge in [0.25, 0.3) is 0 Å². The van der Waals surface area contributed by atoms with E-state index in [2.05, 4.69) is 5.18 Å². The highest BCUT2D eigenvalue weighted by atomic mass is 35.5. The quantitative estimate of drug-likeness (QED) is 0.716. The minimum atomic E-state index is -1.23. The molecular weight excluding hydrogens is 382 g/mol. The van der Waals surface area contributed by atoms with E-state index in [1.54, 1.807) is 19.1 Å². The third-order valence-electron chi connectivity index (χ3n) is 5.00. The predicted molar refractivity (Wildman–Crippen MR) is 107 cm³/mol. The zero-order valence-corrected chi connectivity index (χ0v) is 16.5. The first-order valence-electron chi connectivity index (χ1n) is 9.28. The van der Waals surface area contributed by atoms with Crippen molar-refractivity contribution in [1.29, 1.82) is 0 Å². The van der Waals surface area contributed by atoms with Gasteiger partial charge in [0.15, 0.2) is 0 Å². The Morgan fingerprint density at radius 1 is 1.14 bits per heavy atom. The van der Waals surface area contributed by atoms with Crippen LogP contribution in [-0.2, 0) is 11.2 Å². The number of aliphatic hydroxyl groups is 2. The molecule has 3 rings (SSSR count). The molecule has 0 amide bonds. The normalized spacial score (nSPS) is 27.4. The Kier molecular flexibility index (Phi) is 6.67. The topological polar surface area (TPSA) is 88.4 Å². The fourth-order valence-electron chi connectivity index (χ4n) is 3.45. The van der Waals surface area contributed by atoms with Crippen LogP contribution in [0.15, 0.2) is 47.6 Å². The van der Waals surface area contributed by atoms with Crippen molar-refractivity contribution in [1.82, 2.24) is 0 Å². The maximum Gasteiger partial charge on any atom is 0.149 e. The lowest BCUT2D eigenvalue weighted by Gasteiger charge is -2.39. The summed E-state index contributed by atoms with van der Waals surface area (Å²) < 4.78 is 11.2. The lowest BCUT2D eigenvalue weighted by molar-refractivity contribution is -0.174. The highest BCUT2D eigenvalue weighted by molar-refractivity contribution is 6.31. The summed E-state index contributed by atoms with van der Waals surface area (Å²) in [5, 5.41) is 24.0. The summed E-state index contributed by atoms with van der Waals surface area (Å²) in [4.78, 5) is 11.1. The lowest BCUT2D eigenvalue weighted by Crippen LogP contribution is -2.52. The van der Waals surface area contributed by atoms with Crippen molar-refractivity contribution in [3.63, 3.8) is 0 Å². The average molecular weight is 406 g/mol. The summed E-state index contributed by atoms with van der Waals surface area (Å²) in [5.74, 6) is 0.810. The van der Waals surface area contributed by atoms with E-state index < -0.39 is 30.5 Å². The summed E-state index contributed by atoms with van der Waals surface area (Å²) >= 11 is 6.37. The van der Waals surface area contributed by atoms with Crippen molar-refractivity contribution in [2.75, 3.05) is 6.61 Å². The third-order valence-corrected chi connectivity index (χ3v) is 5.37. The molecule has 5 unspecified atom stereocenters. The number of nitrogens with zero attached hydrogens (tertiary/aromatic N) is 1. The molecule has 0 spiro atoms. The van der Waals surface area contributed by atoms with Crippen LogP contribution in [-0.4, -0.2) is 41.2 Å². The molecule has 150 valence electrons. The molecule has 5 atom stereocenters. The molecule has 2 aromatic rings. The Balaban J connectivity index is 1.83. The summed E-state index contributed by atoms with van der Waals surface area (Å²) in [7, 11) is 0. The number of halogens is 1. The highest BCUT2D eigenvalue weighted by Crippen LogP contribution is 2.35. The van der Waals surface area contributed by atoms with E-state index in [4.69, 9.17) is 21.1 Å². The molecule has 1 aliphatic rings. The molecule has 1 fully saturated rings. The smallest absolute Gasteiger partial charge is 0.149 e. The van der Waals surface area contributed by atoms with Gasteiger partial charge >= 0.3 is 0 Å².